The van der Waals surface area contributed by atoms with Gasteiger partial charge in [-0.2, -0.15) is 0 Å². The summed E-state index contributed by atoms with van der Waals surface area (Å²) in [6, 6.07) is 4.88. The molecule has 3 saturated carbocycles. The molecule has 3 aliphatic carbocycles. The largest absolute Gasteiger partial charge is 0.496 e. The number of nitrogen functional groups attached to an aromatic ring is 1. The van der Waals surface area contributed by atoms with Crippen molar-refractivity contribution >= 4 is 41.2 Å². The minimum absolute atomic E-state index is 0.0242. The second kappa shape index (κ2) is 10.1. The van der Waals surface area contributed by atoms with Crippen molar-refractivity contribution in [2.75, 3.05) is 20.0 Å². The third-order valence-corrected chi connectivity index (χ3v) is 9.42. The molecule has 11 nitrogen and oxygen atoms in total. The Morgan fingerprint density at radius 1 is 1.33 bits per heavy atom. The molecule has 1 aliphatic heterocycles. The number of aromatic carboxylic acids is 1. The lowest BCUT2D eigenvalue weighted by Gasteiger charge is -2.64. The van der Waals surface area contributed by atoms with E-state index in [4.69, 9.17) is 24.6 Å². The Morgan fingerprint density at radius 2 is 2.10 bits per heavy atom. The van der Waals surface area contributed by atoms with Crippen molar-refractivity contribution in [2.45, 2.75) is 57.7 Å². The van der Waals surface area contributed by atoms with Crippen LogP contribution in [0, 0.1) is 17.3 Å². The first-order valence-electron chi connectivity index (χ1n) is 12.8. The number of nitrogens with zero attached hydrogens (tertiary/aromatic N) is 2. The zero-order chi connectivity index (χ0) is 28.1. The first-order valence-corrected chi connectivity index (χ1v) is 13.7. The number of thiazole rings is 1. The molecule has 1 aromatic heterocycles. The van der Waals surface area contributed by atoms with Gasteiger partial charge in [-0.25, -0.2) is 9.78 Å². The van der Waals surface area contributed by atoms with Crippen LogP contribution in [0.4, 0.5) is 5.13 Å². The lowest BCUT2D eigenvalue weighted by Crippen LogP contribution is -2.65. The Balaban J connectivity index is 1.48. The fraction of sp³-hybridized carbons (Fsp3) is 0.538. The summed E-state index contributed by atoms with van der Waals surface area (Å²) in [7, 11) is 1.97. The molecule has 4 unspecified atom stereocenters. The molecule has 0 radical (unpaired) electrons. The molecule has 4 fully saturated rings. The number of oxime groups is 1. The van der Waals surface area contributed by atoms with Gasteiger partial charge in [-0.15, -0.1) is 11.3 Å². The maximum Gasteiger partial charge on any atom is 0.482 e. The first kappa shape index (κ1) is 27.4. The van der Waals surface area contributed by atoms with Gasteiger partial charge >= 0.3 is 13.1 Å². The van der Waals surface area contributed by atoms with E-state index in [0.29, 0.717) is 17.4 Å². The molecule has 5 atom stereocenters. The van der Waals surface area contributed by atoms with E-state index < -0.39 is 30.5 Å². The average molecular weight is 556 g/mol. The van der Waals surface area contributed by atoms with Crippen molar-refractivity contribution in [1.82, 2.24) is 10.3 Å². The number of benzene rings is 1. The number of hydrogen-bond donors (Lipinski definition) is 3. The Bertz CT molecular complexity index is 1320. The Kier molecular flexibility index (Phi) is 7.10. The van der Waals surface area contributed by atoms with E-state index in [1.807, 2.05) is 0 Å². The van der Waals surface area contributed by atoms with Crippen molar-refractivity contribution in [1.29, 1.82) is 0 Å². The van der Waals surface area contributed by atoms with Crippen LogP contribution in [-0.4, -0.2) is 66.7 Å². The van der Waals surface area contributed by atoms with Gasteiger partial charge in [-0.05, 0) is 55.1 Å². The number of carboxylic acids is 1. The van der Waals surface area contributed by atoms with Crippen molar-refractivity contribution in [3.05, 3.63) is 40.4 Å². The number of nitrogens with one attached hydrogen (secondary N) is 1. The quantitative estimate of drug-likeness (QED) is 0.240. The minimum atomic E-state index is -1.11. The lowest BCUT2D eigenvalue weighted by atomic mass is 9.43. The van der Waals surface area contributed by atoms with E-state index in [9.17, 15) is 14.7 Å². The summed E-state index contributed by atoms with van der Waals surface area (Å²) in [5.74, 6) is -1.29. The summed E-state index contributed by atoms with van der Waals surface area (Å²) < 4.78 is 18.7. The number of carbonyl (C=O) groups excluding carboxylic acids is 1. The molecule has 39 heavy (non-hydrogen) atoms. The van der Waals surface area contributed by atoms with Gasteiger partial charge in [0, 0.05) is 5.38 Å². The number of hydrogen-bond acceptors (Lipinski definition) is 10. The van der Waals surface area contributed by atoms with Crippen molar-refractivity contribution in [3.8, 4) is 5.75 Å². The molecule has 1 amide bonds. The molecular weight excluding hydrogens is 523 g/mol. The smallest absolute Gasteiger partial charge is 0.482 e. The standard InChI is InChI=1S/C26H33BN4O7S/c1-25(2)14-10-17(25)26(3)18(11-14)37-27(38-26)19(9-13-7-6-8-15(23(33)34)21(13)35-4)30-22(32)20(31-36-5)16-12-39-24(28)29-16/h6-8,12,14,17-19H,9-11H2,1-5H3,(H2,28,29)(H,30,32)(H,33,34)/b31-20-/t14?,17?,18?,19-,26?/m0/s1. The molecule has 0 spiro atoms. The van der Waals surface area contributed by atoms with Gasteiger partial charge in [-0.3, -0.25) is 4.79 Å². The number of methoxy groups -OCH3 is 1. The van der Waals surface area contributed by atoms with Gasteiger partial charge in [0.1, 0.15) is 24.1 Å². The molecule has 6 rings (SSSR count). The normalized spacial score (nSPS) is 27.8. The summed E-state index contributed by atoms with van der Waals surface area (Å²) in [5.41, 5.74) is 6.26. The fourth-order valence-electron chi connectivity index (χ4n) is 6.61. The van der Waals surface area contributed by atoms with E-state index in [-0.39, 0.29) is 45.8 Å². The van der Waals surface area contributed by atoms with E-state index in [1.165, 1.54) is 31.6 Å². The van der Waals surface area contributed by atoms with Crippen LogP contribution in [0.1, 0.15) is 55.2 Å². The molecule has 2 aromatic rings. The zero-order valence-electron chi connectivity index (χ0n) is 22.6. The van der Waals surface area contributed by atoms with Crippen LogP contribution < -0.4 is 15.8 Å². The maximum atomic E-state index is 13.6. The van der Waals surface area contributed by atoms with Gasteiger partial charge < -0.3 is 35.0 Å². The average Bonchev–Trinajstić information content (AvgIpc) is 3.48. The first-order chi connectivity index (χ1) is 18.5. The third-order valence-electron chi connectivity index (χ3n) is 8.75. The summed E-state index contributed by atoms with van der Waals surface area (Å²) in [4.78, 5) is 34.5. The van der Waals surface area contributed by atoms with Gasteiger partial charge in [0.2, 0.25) is 0 Å². The molecule has 2 bridgehead atoms. The molecule has 4 N–H and O–H groups in total. The number of rotatable bonds is 9. The number of anilines is 1. The second-order valence-electron chi connectivity index (χ2n) is 11.1. The van der Waals surface area contributed by atoms with Crippen LogP contribution in [0.2, 0.25) is 0 Å². The molecule has 208 valence electrons. The predicted molar refractivity (Wildman–Crippen MR) is 146 cm³/mol. The molecule has 2 heterocycles. The number of aromatic nitrogens is 1. The number of carbonyl (C=O) groups is 2. The molecular formula is C26H33BN4O7S. The second-order valence-corrected chi connectivity index (χ2v) is 12.0. The number of amides is 1. The van der Waals surface area contributed by atoms with Gasteiger partial charge in [0.25, 0.3) is 5.91 Å². The van der Waals surface area contributed by atoms with E-state index in [0.717, 1.165) is 12.8 Å². The summed E-state index contributed by atoms with van der Waals surface area (Å²) in [5, 5.41) is 18.5. The SMILES string of the molecule is CO/N=C(\C(=O)N[C@@H](Cc1cccc(C(=O)O)c1OC)B1OC2CC3CC(C3(C)C)C2(C)O1)c1csc(N)n1. The van der Waals surface area contributed by atoms with Crippen LogP contribution >= 0.6 is 11.3 Å². The van der Waals surface area contributed by atoms with Gasteiger partial charge in [-0.1, -0.05) is 31.1 Å². The molecule has 13 heteroatoms. The van der Waals surface area contributed by atoms with Gasteiger partial charge in [0.05, 0.1) is 24.8 Å². The van der Waals surface area contributed by atoms with Crippen LogP contribution in [0.3, 0.4) is 0 Å². The highest BCUT2D eigenvalue weighted by Gasteiger charge is 2.68. The minimum Gasteiger partial charge on any atom is -0.496 e. The summed E-state index contributed by atoms with van der Waals surface area (Å²) in [6.45, 7) is 6.65. The highest BCUT2D eigenvalue weighted by atomic mass is 32.1. The third kappa shape index (κ3) is 4.66. The highest BCUT2D eigenvalue weighted by Crippen LogP contribution is 2.65. The Morgan fingerprint density at radius 3 is 2.72 bits per heavy atom. The summed E-state index contributed by atoms with van der Waals surface area (Å²) in [6.07, 6.45) is 2.03. The monoisotopic (exact) mass is 556 g/mol. The number of para-hydroxylation sites is 1. The highest BCUT2D eigenvalue weighted by molar-refractivity contribution is 7.13. The number of ether oxygens (including phenoxy) is 1. The van der Waals surface area contributed by atoms with Gasteiger partial charge in [0.15, 0.2) is 10.8 Å². The predicted octanol–water partition coefficient (Wildman–Crippen LogP) is 2.78. The van der Waals surface area contributed by atoms with Crippen LogP contribution in [0.5, 0.6) is 5.75 Å². The van der Waals surface area contributed by atoms with Crippen molar-refractivity contribution < 1.29 is 33.6 Å². The maximum absolute atomic E-state index is 13.6. The molecule has 4 aliphatic rings. The van der Waals surface area contributed by atoms with Crippen LogP contribution in [0.25, 0.3) is 0 Å². The van der Waals surface area contributed by atoms with E-state index in [2.05, 4.69) is 36.2 Å². The fourth-order valence-corrected chi connectivity index (χ4v) is 7.16. The zero-order valence-corrected chi connectivity index (χ0v) is 23.4. The molecule has 1 aromatic carbocycles. The lowest BCUT2D eigenvalue weighted by molar-refractivity contribution is -0.199. The number of nitrogens with two attached hydrogens (primary N) is 1. The van der Waals surface area contributed by atoms with Crippen molar-refractivity contribution in [3.63, 3.8) is 0 Å². The van der Waals surface area contributed by atoms with Crippen molar-refractivity contribution in [2.24, 2.45) is 22.4 Å². The van der Waals surface area contributed by atoms with Crippen LogP contribution in [-0.2, 0) is 25.4 Å². The van der Waals surface area contributed by atoms with E-state index >= 15 is 0 Å². The Hall–Kier alpha value is -3.16. The van der Waals surface area contributed by atoms with Crippen LogP contribution in [0.15, 0.2) is 28.7 Å². The topological polar surface area (TPSA) is 155 Å². The summed E-state index contributed by atoms with van der Waals surface area (Å²) >= 11 is 1.18. The van der Waals surface area contributed by atoms with E-state index in [1.54, 1.807) is 17.5 Å². The number of carboxylic acid groups (broad SMARTS) is 1. The molecule has 1 saturated heterocycles. The Labute approximate surface area is 231 Å².